The van der Waals surface area contributed by atoms with Crippen LogP contribution < -0.4 is 10.1 Å². The third-order valence-corrected chi connectivity index (χ3v) is 5.56. The summed E-state index contributed by atoms with van der Waals surface area (Å²) in [5.74, 6) is 3.09. The van der Waals surface area contributed by atoms with Crippen molar-refractivity contribution in [3.8, 4) is 22.9 Å². The standard InChI is InChI=1S/C27H27N5O/c1-18(2)29-17-23-22-13-14-28-24(22)11-12-25(23)33-21-10-6-9-20(16-21)27-30-26(31-32-27)15-19-7-4-3-5-8-19/h3-14,16,18,28-29H,15,17H2,1-2H3,(H,30,31,32). The highest BCUT2D eigenvalue weighted by molar-refractivity contribution is 5.85. The van der Waals surface area contributed by atoms with Gasteiger partial charge in [0, 0.05) is 47.2 Å². The molecule has 0 unspecified atom stereocenters. The van der Waals surface area contributed by atoms with E-state index < -0.39 is 0 Å². The highest BCUT2D eigenvalue weighted by Gasteiger charge is 2.13. The Bertz CT molecular complexity index is 1350. The summed E-state index contributed by atoms with van der Waals surface area (Å²) >= 11 is 0. The van der Waals surface area contributed by atoms with E-state index >= 15 is 0 Å². The third kappa shape index (κ3) is 4.81. The molecule has 3 N–H and O–H groups in total. The molecule has 6 nitrogen and oxygen atoms in total. The molecular weight excluding hydrogens is 410 g/mol. The van der Waals surface area contributed by atoms with E-state index in [-0.39, 0.29) is 0 Å². The maximum absolute atomic E-state index is 6.36. The second-order valence-electron chi connectivity index (χ2n) is 8.41. The number of aromatic nitrogens is 4. The van der Waals surface area contributed by atoms with Crippen molar-refractivity contribution >= 4 is 10.9 Å². The quantitative estimate of drug-likeness (QED) is 0.285. The minimum atomic E-state index is 0.381. The number of aromatic amines is 2. The Morgan fingerprint density at radius 1 is 0.970 bits per heavy atom. The summed E-state index contributed by atoms with van der Waals surface area (Å²) in [5.41, 5.74) is 4.34. The Balaban J connectivity index is 1.39. The molecule has 0 aliphatic rings. The average Bonchev–Trinajstić information content (AvgIpc) is 3.49. The topological polar surface area (TPSA) is 78.6 Å². The first-order chi connectivity index (χ1) is 16.2. The largest absolute Gasteiger partial charge is 0.457 e. The molecule has 0 amide bonds. The molecule has 0 saturated heterocycles. The van der Waals surface area contributed by atoms with Crippen molar-refractivity contribution in [1.29, 1.82) is 0 Å². The van der Waals surface area contributed by atoms with Crippen LogP contribution in [-0.2, 0) is 13.0 Å². The molecule has 0 atom stereocenters. The van der Waals surface area contributed by atoms with E-state index in [4.69, 9.17) is 4.74 Å². The zero-order valence-electron chi connectivity index (χ0n) is 18.8. The zero-order valence-corrected chi connectivity index (χ0v) is 18.8. The van der Waals surface area contributed by atoms with Crippen LogP contribution in [0.4, 0.5) is 0 Å². The number of nitrogens with zero attached hydrogens (tertiary/aromatic N) is 2. The number of H-pyrrole nitrogens is 2. The lowest BCUT2D eigenvalue weighted by Crippen LogP contribution is -2.22. The Kier molecular flexibility index (Phi) is 5.91. The molecule has 0 bridgehead atoms. The highest BCUT2D eigenvalue weighted by Crippen LogP contribution is 2.32. The summed E-state index contributed by atoms with van der Waals surface area (Å²) in [6, 6.07) is 24.7. The fourth-order valence-corrected chi connectivity index (χ4v) is 3.88. The van der Waals surface area contributed by atoms with Gasteiger partial charge in [0.15, 0.2) is 5.82 Å². The molecule has 6 heteroatoms. The van der Waals surface area contributed by atoms with Crippen LogP contribution in [0.1, 0.15) is 30.8 Å². The van der Waals surface area contributed by atoms with Gasteiger partial charge >= 0.3 is 0 Å². The van der Waals surface area contributed by atoms with E-state index in [1.807, 2.05) is 54.7 Å². The first kappa shape index (κ1) is 21.0. The Morgan fingerprint density at radius 2 is 1.85 bits per heavy atom. The first-order valence-corrected chi connectivity index (χ1v) is 11.2. The highest BCUT2D eigenvalue weighted by atomic mass is 16.5. The number of fused-ring (bicyclic) bond motifs is 1. The monoisotopic (exact) mass is 437 g/mol. The van der Waals surface area contributed by atoms with E-state index in [0.29, 0.717) is 18.3 Å². The zero-order chi connectivity index (χ0) is 22.6. The van der Waals surface area contributed by atoms with Crippen LogP contribution in [0.15, 0.2) is 79.0 Å². The van der Waals surface area contributed by atoms with E-state index in [0.717, 1.165) is 45.9 Å². The van der Waals surface area contributed by atoms with Gasteiger partial charge in [-0.05, 0) is 35.9 Å². The van der Waals surface area contributed by atoms with Crippen molar-refractivity contribution in [2.24, 2.45) is 0 Å². The van der Waals surface area contributed by atoms with Crippen molar-refractivity contribution in [2.45, 2.75) is 32.9 Å². The lowest BCUT2D eigenvalue weighted by molar-refractivity contribution is 0.471. The summed E-state index contributed by atoms with van der Waals surface area (Å²) in [6.45, 7) is 5.01. The van der Waals surface area contributed by atoms with Crippen LogP contribution in [0, 0.1) is 0 Å². The molecule has 33 heavy (non-hydrogen) atoms. The van der Waals surface area contributed by atoms with Crippen molar-refractivity contribution in [3.05, 3.63) is 95.9 Å². The predicted molar refractivity (Wildman–Crippen MR) is 131 cm³/mol. The second-order valence-corrected chi connectivity index (χ2v) is 8.41. The molecule has 0 aliphatic heterocycles. The van der Waals surface area contributed by atoms with E-state index in [1.165, 1.54) is 5.56 Å². The van der Waals surface area contributed by atoms with Crippen molar-refractivity contribution in [1.82, 2.24) is 25.5 Å². The first-order valence-electron chi connectivity index (χ1n) is 11.2. The summed E-state index contributed by atoms with van der Waals surface area (Å²) in [4.78, 5) is 7.97. The average molecular weight is 438 g/mol. The minimum Gasteiger partial charge on any atom is -0.457 e. The fourth-order valence-electron chi connectivity index (χ4n) is 3.88. The molecule has 0 fully saturated rings. The van der Waals surface area contributed by atoms with Crippen LogP contribution in [-0.4, -0.2) is 26.2 Å². The molecule has 166 valence electrons. The minimum absolute atomic E-state index is 0.381. The van der Waals surface area contributed by atoms with Crippen molar-refractivity contribution < 1.29 is 4.74 Å². The van der Waals surface area contributed by atoms with Gasteiger partial charge in [-0.3, -0.25) is 5.10 Å². The van der Waals surface area contributed by atoms with Gasteiger partial charge in [-0.25, -0.2) is 4.98 Å². The van der Waals surface area contributed by atoms with Gasteiger partial charge in [0.25, 0.3) is 0 Å². The third-order valence-electron chi connectivity index (χ3n) is 5.56. The number of hydrogen-bond acceptors (Lipinski definition) is 4. The molecule has 5 aromatic rings. The Labute approximate surface area is 193 Å². The number of rotatable bonds is 8. The number of ether oxygens (including phenoxy) is 1. The van der Waals surface area contributed by atoms with Crippen LogP contribution in [0.2, 0.25) is 0 Å². The van der Waals surface area contributed by atoms with Gasteiger partial charge in [0.05, 0.1) is 0 Å². The van der Waals surface area contributed by atoms with Gasteiger partial charge in [0.2, 0.25) is 0 Å². The molecule has 3 aromatic carbocycles. The number of hydrogen-bond donors (Lipinski definition) is 3. The van der Waals surface area contributed by atoms with Crippen molar-refractivity contribution in [3.63, 3.8) is 0 Å². The fraction of sp³-hybridized carbons (Fsp3) is 0.185. The van der Waals surface area contributed by atoms with E-state index in [9.17, 15) is 0 Å². The van der Waals surface area contributed by atoms with Gasteiger partial charge in [-0.2, -0.15) is 5.10 Å². The maximum atomic E-state index is 6.36. The second kappa shape index (κ2) is 9.30. The Morgan fingerprint density at radius 3 is 2.70 bits per heavy atom. The van der Waals surface area contributed by atoms with Crippen LogP contribution in [0.3, 0.4) is 0 Å². The van der Waals surface area contributed by atoms with Gasteiger partial charge in [0.1, 0.15) is 17.3 Å². The van der Waals surface area contributed by atoms with Crippen molar-refractivity contribution in [2.75, 3.05) is 0 Å². The van der Waals surface area contributed by atoms with Crippen LogP contribution in [0.5, 0.6) is 11.5 Å². The smallest absolute Gasteiger partial charge is 0.181 e. The predicted octanol–water partition coefficient (Wildman–Crippen LogP) is 5.83. The van der Waals surface area contributed by atoms with Gasteiger partial charge in [-0.1, -0.05) is 56.3 Å². The molecular formula is C27H27N5O. The normalized spacial score (nSPS) is 11.4. The van der Waals surface area contributed by atoms with E-state index in [2.05, 4.69) is 63.6 Å². The Hall–Kier alpha value is -3.90. The molecule has 5 rings (SSSR count). The summed E-state index contributed by atoms with van der Waals surface area (Å²) < 4.78 is 6.36. The molecule has 0 radical (unpaired) electrons. The summed E-state index contributed by atoms with van der Waals surface area (Å²) in [5, 5.41) is 12.2. The molecule has 0 spiro atoms. The molecule has 0 saturated carbocycles. The maximum Gasteiger partial charge on any atom is 0.181 e. The number of benzene rings is 3. The molecule has 2 aromatic heterocycles. The van der Waals surface area contributed by atoms with Crippen LogP contribution in [0.25, 0.3) is 22.3 Å². The summed E-state index contributed by atoms with van der Waals surface area (Å²) in [6.07, 6.45) is 2.68. The lowest BCUT2D eigenvalue weighted by atomic mass is 10.1. The molecule has 2 heterocycles. The summed E-state index contributed by atoms with van der Waals surface area (Å²) in [7, 11) is 0. The van der Waals surface area contributed by atoms with Gasteiger partial charge in [-0.15, -0.1) is 0 Å². The van der Waals surface area contributed by atoms with Crippen LogP contribution >= 0.6 is 0 Å². The lowest BCUT2D eigenvalue weighted by Gasteiger charge is -2.15. The molecule has 0 aliphatic carbocycles. The van der Waals surface area contributed by atoms with E-state index in [1.54, 1.807) is 0 Å². The van der Waals surface area contributed by atoms with Gasteiger partial charge < -0.3 is 15.0 Å². The number of nitrogens with one attached hydrogen (secondary N) is 3. The SMILES string of the molecule is CC(C)NCc1c(Oc2cccc(-c3n[nH]c(Cc4ccccc4)n3)c2)ccc2[nH]ccc12.